The van der Waals surface area contributed by atoms with Crippen LogP contribution in [0, 0.1) is 6.92 Å². The summed E-state index contributed by atoms with van der Waals surface area (Å²) in [4.78, 5) is 4.40. The predicted octanol–water partition coefficient (Wildman–Crippen LogP) is 3.10. The van der Waals surface area contributed by atoms with E-state index in [1.807, 2.05) is 6.92 Å². The van der Waals surface area contributed by atoms with Gasteiger partial charge < -0.3 is 5.32 Å². The maximum atomic E-state index is 4.40. The van der Waals surface area contributed by atoms with Crippen LogP contribution in [0.1, 0.15) is 19.0 Å². The van der Waals surface area contributed by atoms with Gasteiger partial charge in [-0.3, -0.25) is 0 Å². The van der Waals surface area contributed by atoms with Crippen molar-refractivity contribution in [3.8, 4) is 0 Å². The lowest BCUT2D eigenvalue weighted by atomic mass is 10.3. The van der Waals surface area contributed by atoms with Crippen molar-refractivity contribution in [2.24, 2.45) is 0 Å². The lowest BCUT2D eigenvalue weighted by Crippen LogP contribution is -2.18. The van der Waals surface area contributed by atoms with E-state index in [-0.39, 0.29) is 0 Å². The third-order valence-corrected chi connectivity index (χ3v) is 4.08. The summed E-state index contributed by atoms with van der Waals surface area (Å²) in [7, 11) is 0. The molecule has 0 fully saturated rings. The Morgan fingerprint density at radius 3 is 3.07 bits per heavy atom. The fourth-order valence-electron chi connectivity index (χ4n) is 1.06. The van der Waals surface area contributed by atoms with Gasteiger partial charge in [-0.1, -0.05) is 30.8 Å². The van der Waals surface area contributed by atoms with Gasteiger partial charge in [0.15, 0.2) is 0 Å². The molecule has 15 heavy (non-hydrogen) atoms. The van der Waals surface area contributed by atoms with E-state index >= 15 is 0 Å². The number of hydrogen-bond donors (Lipinski definition) is 1. The zero-order valence-electron chi connectivity index (χ0n) is 9.38. The number of hydrogen-bond acceptors (Lipinski definition) is 4. The Hall–Kier alpha value is -0.320. The molecular weight excluding hydrogens is 224 g/mol. The monoisotopic (exact) mass is 242 g/mol. The highest BCUT2D eigenvalue weighted by Crippen LogP contribution is 2.23. The van der Waals surface area contributed by atoms with Crippen molar-refractivity contribution in [3.05, 3.63) is 23.2 Å². The zero-order valence-corrected chi connectivity index (χ0v) is 11.0. The van der Waals surface area contributed by atoms with Crippen molar-refractivity contribution in [2.75, 3.05) is 18.8 Å². The van der Waals surface area contributed by atoms with Gasteiger partial charge in [0.2, 0.25) is 0 Å². The van der Waals surface area contributed by atoms with Gasteiger partial charge in [-0.25, -0.2) is 4.98 Å². The van der Waals surface area contributed by atoms with Crippen LogP contribution in [0.4, 0.5) is 0 Å². The molecule has 0 aromatic carbocycles. The van der Waals surface area contributed by atoms with E-state index in [4.69, 9.17) is 0 Å². The van der Waals surface area contributed by atoms with Gasteiger partial charge in [0.05, 0.1) is 0 Å². The van der Waals surface area contributed by atoms with E-state index in [1.165, 1.54) is 12.0 Å². The van der Waals surface area contributed by atoms with Crippen LogP contribution >= 0.6 is 23.1 Å². The van der Waals surface area contributed by atoms with Crippen LogP contribution in [-0.2, 0) is 0 Å². The topological polar surface area (TPSA) is 24.9 Å². The highest BCUT2D eigenvalue weighted by Gasteiger charge is 2.00. The first-order valence-corrected chi connectivity index (χ1v) is 7.01. The van der Waals surface area contributed by atoms with Gasteiger partial charge >= 0.3 is 0 Å². The van der Waals surface area contributed by atoms with Crippen LogP contribution < -0.4 is 5.32 Å². The first kappa shape index (κ1) is 12.7. The third kappa shape index (κ3) is 5.35. The highest BCUT2D eigenvalue weighted by molar-refractivity contribution is 8.01. The second-order valence-corrected chi connectivity index (χ2v) is 5.55. The molecule has 0 atom stereocenters. The molecule has 0 spiro atoms. The molecule has 84 valence electrons. The molecule has 4 heteroatoms. The Morgan fingerprint density at radius 2 is 2.47 bits per heavy atom. The number of rotatable bonds is 7. The van der Waals surface area contributed by atoms with Gasteiger partial charge in [-0.2, -0.15) is 0 Å². The minimum atomic E-state index is 0.922. The summed E-state index contributed by atoms with van der Waals surface area (Å²) in [6, 6.07) is 0. The SMILES string of the molecule is C=C(CNCCC)CSc1nc(C)cs1. The quantitative estimate of drug-likeness (QED) is 0.452. The van der Waals surface area contributed by atoms with Crippen molar-refractivity contribution < 1.29 is 0 Å². The van der Waals surface area contributed by atoms with Crippen LogP contribution in [0.15, 0.2) is 21.9 Å². The molecule has 0 amide bonds. The number of nitrogens with zero attached hydrogens (tertiary/aromatic N) is 1. The number of aromatic nitrogens is 1. The summed E-state index contributed by atoms with van der Waals surface area (Å²) in [5, 5.41) is 5.43. The molecule has 0 saturated carbocycles. The molecule has 0 aliphatic rings. The third-order valence-electron chi connectivity index (χ3n) is 1.80. The zero-order chi connectivity index (χ0) is 11.1. The fourth-order valence-corrected chi connectivity index (χ4v) is 2.81. The Labute approximate surface area is 100 Å². The Bertz CT molecular complexity index is 307. The molecular formula is C11H18N2S2. The lowest BCUT2D eigenvalue weighted by molar-refractivity contribution is 0.716. The van der Waals surface area contributed by atoms with Crippen molar-refractivity contribution >= 4 is 23.1 Å². The van der Waals surface area contributed by atoms with Crippen LogP contribution in [0.2, 0.25) is 0 Å². The molecule has 1 aromatic heterocycles. The molecule has 1 rings (SSSR count). The number of thiazole rings is 1. The summed E-state index contributed by atoms with van der Waals surface area (Å²) in [5.74, 6) is 0.962. The summed E-state index contributed by atoms with van der Waals surface area (Å²) in [5.41, 5.74) is 2.35. The molecule has 0 saturated heterocycles. The molecule has 2 nitrogen and oxygen atoms in total. The summed E-state index contributed by atoms with van der Waals surface area (Å²) in [6.45, 7) is 10.2. The van der Waals surface area contributed by atoms with Gasteiger partial charge in [0, 0.05) is 23.4 Å². The van der Waals surface area contributed by atoms with Crippen LogP contribution in [0.25, 0.3) is 0 Å². The number of aryl methyl sites for hydroxylation is 1. The molecule has 1 heterocycles. The van der Waals surface area contributed by atoms with Gasteiger partial charge in [-0.15, -0.1) is 11.3 Å². The van der Waals surface area contributed by atoms with E-state index in [0.29, 0.717) is 0 Å². The van der Waals surface area contributed by atoms with Crippen molar-refractivity contribution in [2.45, 2.75) is 24.6 Å². The standard InChI is InChI=1S/C11H18N2S2/c1-4-5-12-6-9(2)7-14-11-13-10(3)8-15-11/h8,12H,2,4-7H2,1,3H3. The number of nitrogens with one attached hydrogen (secondary N) is 1. The van der Waals surface area contributed by atoms with Gasteiger partial charge in [0.1, 0.15) is 4.34 Å². The molecule has 0 unspecified atom stereocenters. The highest BCUT2D eigenvalue weighted by atomic mass is 32.2. The molecule has 1 aromatic rings. The lowest BCUT2D eigenvalue weighted by Gasteiger charge is -2.05. The van der Waals surface area contributed by atoms with E-state index in [0.717, 1.165) is 28.9 Å². The predicted molar refractivity (Wildman–Crippen MR) is 69.9 cm³/mol. The normalized spacial score (nSPS) is 10.5. The summed E-state index contributed by atoms with van der Waals surface area (Å²) in [6.07, 6.45) is 1.17. The average molecular weight is 242 g/mol. The van der Waals surface area contributed by atoms with E-state index in [2.05, 4.69) is 29.2 Å². The molecule has 0 aliphatic heterocycles. The maximum Gasteiger partial charge on any atom is 0.150 e. The molecule has 1 N–H and O–H groups in total. The Kier molecular flexibility index (Phi) is 5.98. The second kappa shape index (κ2) is 7.04. The van der Waals surface area contributed by atoms with Crippen molar-refractivity contribution in [1.82, 2.24) is 10.3 Å². The molecule has 0 radical (unpaired) electrons. The minimum absolute atomic E-state index is 0.922. The maximum absolute atomic E-state index is 4.40. The van der Waals surface area contributed by atoms with E-state index < -0.39 is 0 Å². The smallest absolute Gasteiger partial charge is 0.150 e. The van der Waals surface area contributed by atoms with Crippen LogP contribution in [0.3, 0.4) is 0 Å². The van der Waals surface area contributed by atoms with Gasteiger partial charge in [0.25, 0.3) is 0 Å². The minimum Gasteiger partial charge on any atom is -0.313 e. The van der Waals surface area contributed by atoms with Gasteiger partial charge in [-0.05, 0) is 19.9 Å². The molecule has 0 bridgehead atoms. The van der Waals surface area contributed by atoms with Crippen molar-refractivity contribution in [1.29, 1.82) is 0 Å². The second-order valence-electron chi connectivity index (χ2n) is 3.47. The summed E-state index contributed by atoms with van der Waals surface area (Å²) >= 11 is 3.49. The first-order chi connectivity index (χ1) is 7.22. The fraction of sp³-hybridized carbons (Fsp3) is 0.545. The van der Waals surface area contributed by atoms with E-state index in [1.54, 1.807) is 23.1 Å². The summed E-state index contributed by atoms with van der Waals surface area (Å²) < 4.78 is 1.14. The average Bonchev–Trinajstić information content (AvgIpc) is 2.62. The Balaban J connectivity index is 2.16. The van der Waals surface area contributed by atoms with Crippen molar-refractivity contribution in [3.63, 3.8) is 0 Å². The first-order valence-electron chi connectivity index (χ1n) is 5.14. The largest absolute Gasteiger partial charge is 0.313 e. The number of thioether (sulfide) groups is 1. The van der Waals surface area contributed by atoms with Crippen LogP contribution in [0.5, 0.6) is 0 Å². The van der Waals surface area contributed by atoms with E-state index in [9.17, 15) is 0 Å². The molecule has 0 aliphatic carbocycles. The van der Waals surface area contributed by atoms with Crippen LogP contribution in [-0.4, -0.2) is 23.8 Å². The Morgan fingerprint density at radius 1 is 1.67 bits per heavy atom.